The van der Waals surface area contributed by atoms with Gasteiger partial charge in [-0.1, -0.05) is 20.8 Å². The summed E-state index contributed by atoms with van der Waals surface area (Å²) in [7, 11) is 3.99. The van der Waals surface area contributed by atoms with Crippen LogP contribution in [0.2, 0.25) is 0 Å². The molecule has 1 fully saturated rings. The molecule has 5 atom stereocenters. The summed E-state index contributed by atoms with van der Waals surface area (Å²) in [6.07, 6.45) is 3.25. The van der Waals surface area contributed by atoms with Crippen LogP contribution in [0, 0.1) is 69.2 Å². The molecule has 0 saturated carbocycles. The minimum atomic E-state index is -0.300. The van der Waals surface area contributed by atoms with Crippen molar-refractivity contribution < 1.29 is 28.4 Å². The summed E-state index contributed by atoms with van der Waals surface area (Å²) >= 11 is 8.50. The molecular formula is C63H98N14O6S5. The van der Waals surface area contributed by atoms with Gasteiger partial charge in [-0.2, -0.15) is 0 Å². The van der Waals surface area contributed by atoms with E-state index in [2.05, 4.69) is 30.6 Å². The number of nitrogens with zero attached hydrogens (tertiary/aromatic N) is 3. The van der Waals surface area contributed by atoms with Crippen LogP contribution in [0.25, 0.3) is 0 Å². The molecule has 486 valence electrons. The summed E-state index contributed by atoms with van der Waals surface area (Å²) in [6.45, 7) is 31.1. The maximum absolute atomic E-state index is 6.22. The van der Waals surface area contributed by atoms with E-state index in [9.17, 15) is 0 Å². The topological polar surface area (TPSA) is 351 Å². The van der Waals surface area contributed by atoms with E-state index in [-0.39, 0.29) is 31.2 Å². The zero-order chi connectivity index (χ0) is 64.9. The molecule has 5 unspecified atom stereocenters. The Balaban J connectivity index is 0.000000157. The largest absolute Gasteiger partial charge is 0.471 e. The summed E-state index contributed by atoms with van der Waals surface area (Å²) in [4.78, 5) is 11.6. The summed E-state index contributed by atoms with van der Waals surface area (Å²) in [5, 5.41) is 0. The van der Waals surface area contributed by atoms with E-state index in [1.807, 2.05) is 88.2 Å². The average molecular weight is 1310 g/mol. The Kier molecular flexibility index (Phi) is 24.0. The van der Waals surface area contributed by atoms with Gasteiger partial charge in [-0.15, -0.1) is 58.8 Å². The van der Waals surface area contributed by atoms with Crippen LogP contribution in [0.1, 0.15) is 95.7 Å². The van der Waals surface area contributed by atoms with Gasteiger partial charge in [0.2, 0.25) is 6.29 Å². The highest BCUT2D eigenvalue weighted by atomic mass is 32.2. The van der Waals surface area contributed by atoms with Gasteiger partial charge in [0, 0.05) is 36.1 Å². The molecule has 6 aliphatic heterocycles. The highest BCUT2D eigenvalue weighted by molar-refractivity contribution is 8.00. The lowest BCUT2D eigenvalue weighted by Crippen LogP contribution is -2.42. The predicted octanol–water partition coefficient (Wildman–Crippen LogP) is 10.8. The van der Waals surface area contributed by atoms with Gasteiger partial charge in [0.25, 0.3) is 0 Å². The third kappa shape index (κ3) is 14.7. The summed E-state index contributed by atoms with van der Waals surface area (Å²) in [5.41, 5.74) is 84.8. The molecule has 25 heteroatoms. The lowest BCUT2D eigenvalue weighted by molar-refractivity contribution is -0.0658. The second kappa shape index (κ2) is 30.2. The number of benzene rings is 5. The van der Waals surface area contributed by atoms with Crippen LogP contribution in [0.4, 0.5) is 56.9 Å². The van der Waals surface area contributed by atoms with E-state index < -0.39 is 0 Å². The van der Waals surface area contributed by atoms with Gasteiger partial charge in [-0.3, -0.25) is 20.4 Å². The van der Waals surface area contributed by atoms with E-state index >= 15 is 0 Å². The van der Waals surface area contributed by atoms with Crippen LogP contribution in [-0.4, -0.2) is 122 Å². The van der Waals surface area contributed by atoms with Crippen LogP contribution in [0.3, 0.4) is 0 Å². The molecule has 5 aromatic rings. The highest BCUT2D eigenvalue weighted by Gasteiger charge is 2.34. The summed E-state index contributed by atoms with van der Waals surface area (Å²) in [6, 6.07) is 0. The third-order valence-electron chi connectivity index (χ3n) is 17.3. The van der Waals surface area contributed by atoms with Gasteiger partial charge >= 0.3 is 0 Å². The fourth-order valence-corrected chi connectivity index (χ4v) is 16.2. The zero-order valence-electron chi connectivity index (χ0n) is 54.3. The van der Waals surface area contributed by atoms with Crippen molar-refractivity contribution >= 4 is 116 Å². The second-order valence-electron chi connectivity index (χ2n) is 23.0. The van der Waals surface area contributed by atoms with Crippen molar-refractivity contribution in [1.82, 2.24) is 14.7 Å². The molecule has 11 rings (SSSR count). The van der Waals surface area contributed by atoms with E-state index in [0.717, 1.165) is 193 Å². The monoisotopic (exact) mass is 1310 g/mol. The minimum absolute atomic E-state index is 0.0521. The number of ether oxygens (including phenoxy) is 6. The molecule has 6 aliphatic rings. The van der Waals surface area contributed by atoms with Gasteiger partial charge in [0.05, 0.1) is 93.7 Å². The first kappa shape index (κ1) is 70.1. The quantitative estimate of drug-likeness (QED) is 0.0643. The van der Waals surface area contributed by atoms with Gasteiger partial charge < -0.3 is 85.8 Å². The Bertz CT molecular complexity index is 3270. The Morgan fingerprint density at radius 2 is 0.727 bits per heavy atom. The Hall–Kier alpha value is -5.35. The standard InChI is InChI=1S/C14H21N3OS.C14H23N3OS.C13H20N2O2S.C12H19N3OS.C10H15N3OS/c1-8-9(2)12(16)14-13(11(8)15)18-10(7-19-14)17-5-3-4-6-17;1-5-17(6-2)10-7-19-14-12(16)9(4)8(3)11(15)13(14)18-10;1-4-5-16-9-6-18-13-11(15)8(3)7(2)10(14)12(13)17-9;1-6-7(2)10(14)12-11(9(6)13)16-8(5-17-12)15(3)4;1-4-5(2)8(13)10-9(7(4)12)14-6(11)3-15-10/h10H,3-7,15-16H2,1-2H3;10H,5-7,15-16H2,1-4H3;9H,4-6,14-15H2,1-3H3;8H,5,13-14H2,1-4H3;6H,3,11-13H2,1-2H3. The first-order valence-electron chi connectivity index (χ1n) is 30.0. The van der Waals surface area contributed by atoms with Gasteiger partial charge in [-0.05, 0) is 171 Å². The van der Waals surface area contributed by atoms with Crippen LogP contribution in [0.15, 0.2) is 24.5 Å². The number of thioether (sulfide) groups is 5. The second-order valence-corrected chi connectivity index (χ2v) is 28.1. The summed E-state index contributed by atoms with van der Waals surface area (Å²) in [5.74, 6) is 7.81. The number of fused-ring (bicyclic) bond motifs is 5. The van der Waals surface area contributed by atoms with Crippen LogP contribution in [0.5, 0.6) is 28.7 Å². The van der Waals surface area contributed by atoms with Crippen molar-refractivity contribution in [1.29, 1.82) is 0 Å². The van der Waals surface area contributed by atoms with Crippen molar-refractivity contribution in [3.63, 3.8) is 0 Å². The number of rotatable bonds is 8. The fraction of sp³-hybridized carbons (Fsp3) is 0.524. The molecule has 5 aromatic carbocycles. The lowest BCUT2D eigenvalue weighted by atomic mass is 10.1. The fourth-order valence-electron chi connectivity index (χ4n) is 10.5. The molecular weight excluding hydrogens is 1210 g/mol. The third-order valence-corrected chi connectivity index (χ3v) is 23.1. The van der Waals surface area contributed by atoms with Crippen LogP contribution >= 0.6 is 58.8 Å². The zero-order valence-corrected chi connectivity index (χ0v) is 58.3. The molecule has 88 heavy (non-hydrogen) atoms. The van der Waals surface area contributed by atoms with Gasteiger partial charge in [0.1, 0.15) is 0 Å². The van der Waals surface area contributed by atoms with Gasteiger partial charge in [0.15, 0.2) is 53.7 Å². The van der Waals surface area contributed by atoms with E-state index in [4.69, 9.17) is 91.5 Å². The smallest absolute Gasteiger partial charge is 0.209 e. The molecule has 20 nitrogen and oxygen atoms in total. The van der Waals surface area contributed by atoms with E-state index in [1.165, 1.54) is 12.8 Å². The number of likely N-dealkylation sites (tertiary alicyclic amines) is 1. The Morgan fingerprint density at radius 3 is 1.11 bits per heavy atom. The Morgan fingerprint density at radius 1 is 0.409 bits per heavy atom. The number of nitrogens with two attached hydrogens (primary N) is 11. The SMILES string of the molecule is CCCOC1CSc2c(N)c(C)c(C)c(N)c2O1.CCN(CC)C1CSc2c(N)c(C)c(C)c(N)c2O1.Cc1c(C)c(N)c2c(c1N)OC(N(C)C)CS2.Cc1c(C)c(N)c2c(c1N)OC(N)CS2.Cc1c(C)c(N)c2c(c1N)OC(N1CCCC1)CS2. The van der Waals surface area contributed by atoms with E-state index in [0.29, 0.717) is 40.9 Å². The number of hydrogen-bond acceptors (Lipinski definition) is 25. The maximum atomic E-state index is 6.22. The molecule has 22 N–H and O–H groups in total. The molecule has 0 amide bonds. The molecule has 1 saturated heterocycles. The highest BCUT2D eigenvalue weighted by Crippen LogP contribution is 2.52. The van der Waals surface area contributed by atoms with Crippen molar-refractivity contribution in [2.45, 2.75) is 165 Å². The van der Waals surface area contributed by atoms with Crippen LogP contribution in [-0.2, 0) is 4.74 Å². The van der Waals surface area contributed by atoms with Crippen molar-refractivity contribution in [2.24, 2.45) is 5.73 Å². The lowest BCUT2D eigenvalue weighted by Gasteiger charge is -2.35. The van der Waals surface area contributed by atoms with Crippen molar-refractivity contribution in [2.75, 3.05) is 133 Å². The number of hydrogen-bond donors (Lipinski definition) is 11. The first-order chi connectivity index (χ1) is 41.6. The molecule has 0 aromatic heterocycles. The molecule has 6 heterocycles. The van der Waals surface area contributed by atoms with Crippen LogP contribution < -0.4 is 86.8 Å². The molecule has 0 bridgehead atoms. The Labute approximate surface area is 543 Å². The minimum Gasteiger partial charge on any atom is -0.471 e. The average Bonchev–Trinajstić information content (AvgIpc) is 1.45. The number of anilines is 10. The maximum Gasteiger partial charge on any atom is 0.209 e. The molecule has 0 aliphatic carbocycles. The predicted molar refractivity (Wildman–Crippen MR) is 377 cm³/mol. The molecule has 0 radical (unpaired) electrons. The normalized spacial score (nSPS) is 19.7. The first-order valence-corrected chi connectivity index (χ1v) is 34.9. The van der Waals surface area contributed by atoms with E-state index in [1.54, 1.807) is 58.8 Å². The molecule has 0 spiro atoms. The van der Waals surface area contributed by atoms with Gasteiger partial charge in [-0.25, -0.2) is 0 Å². The van der Waals surface area contributed by atoms with Crippen molar-refractivity contribution in [3.05, 3.63) is 55.6 Å². The summed E-state index contributed by atoms with van der Waals surface area (Å²) < 4.78 is 35.2. The van der Waals surface area contributed by atoms with Crippen molar-refractivity contribution in [3.8, 4) is 28.7 Å². The number of nitrogen functional groups attached to an aromatic ring is 10.